The van der Waals surface area contributed by atoms with Crippen molar-refractivity contribution in [1.82, 2.24) is 9.55 Å². The largest absolute Gasteiger partial charge is 0.477 e. The molecule has 1 aromatic carbocycles. The molecule has 0 radical (unpaired) electrons. The molecule has 0 aliphatic rings. The molecule has 4 heteroatoms. The number of hydrogen-bond acceptors (Lipinski definition) is 1. The van der Waals surface area contributed by atoms with Gasteiger partial charge in [0.1, 0.15) is 5.69 Å². The maximum atomic E-state index is 10.9. The summed E-state index contributed by atoms with van der Waals surface area (Å²) in [6.07, 6.45) is 2.02. The van der Waals surface area contributed by atoms with Gasteiger partial charge in [0.25, 0.3) is 0 Å². The first-order chi connectivity index (χ1) is 9.08. The maximum absolute atomic E-state index is 10.9. The fourth-order valence-electron chi connectivity index (χ4n) is 2.56. The average Bonchev–Trinajstić information content (AvgIpc) is 2.95. The summed E-state index contributed by atoms with van der Waals surface area (Å²) in [5, 5.41) is 10.1. The first-order valence-electron chi connectivity index (χ1n) is 6.05. The molecule has 0 saturated carbocycles. The Bertz CT molecular complexity index is 781. The zero-order valence-corrected chi connectivity index (χ0v) is 10.8. The van der Waals surface area contributed by atoms with Crippen LogP contribution in [0.5, 0.6) is 0 Å². The number of carbonyl (C=O) groups is 1. The number of rotatable bonds is 2. The number of para-hydroxylation sites is 1. The van der Waals surface area contributed by atoms with Crippen molar-refractivity contribution in [3.05, 3.63) is 47.8 Å². The summed E-state index contributed by atoms with van der Waals surface area (Å²) < 4.78 is 2.07. The quantitative estimate of drug-likeness (QED) is 0.738. The fourth-order valence-corrected chi connectivity index (χ4v) is 2.56. The van der Waals surface area contributed by atoms with Gasteiger partial charge in [-0.25, -0.2) is 4.79 Å². The van der Waals surface area contributed by atoms with Crippen molar-refractivity contribution in [1.29, 1.82) is 0 Å². The summed E-state index contributed by atoms with van der Waals surface area (Å²) in [5.41, 5.74) is 4.43. The van der Waals surface area contributed by atoms with Gasteiger partial charge in [-0.1, -0.05) is 18.2 Å². The molecular formula is C15H14N2O2. The summed E-state index contributed by atoms with van der Waals surface area (Å²) in [6, 6.07) is 9.54. The standard InChI is InChI=1S/C15H14N2O2/c1-9-4-3-5-10-11(8-17(2)14(9)10)12-6-7-13(16-12)15(18)19/h3-8,16H,1-2H3,(H,18,19). The van der Waals surface area contributed by atoms with Gasteiger partial charge < -0.3 is 14.7 Å². The van der Waals surface area contributed by atoms with E-state index in [4.69, 9.17) is 5.11 Å². The highest BCUT2D eigenvalue weighted by atomic mass is 16.4. The van der Waals surface area contributed by atoms with E-state index < -0.39 is 5.97 Å². The zero-order valence-electron chi connectivity index (χ0n) is 10.8. The highest BCUT2D eigenvalue weighted by Gasteiger charge is 2.13. The molecule has 0 atom stereocenters. The lowest BCUT2D eigenvalue weighted by molar-refractivity contribution is 0.0691. The second-order valence-electron chi connectivity index (χ2n) is 4.72. The molecule has 0 fully saturated rings. The van der Waals surface area contributed by atoms with E-state index in [1.165, 1.54) is 11.1 Å². The molecule has 2 heterocycles. The zero-order chi connectivity index (χ0) is 13.6. The number of fused-ring (bicyclic) bond motifs is 1. The van der Waals surface area contributed by atoms with Gasteiger partial charge in [0.05, 0.1) is 5.52 Å². The molecule has 0 saturated heterocycles. The fraction of sp³-hybridized carbons (Fsp3) is 0.133. The predicted octanol–water partition coefficient (Wildman–Crippen LogP) is 3.18. The SMILES string of the molecule is Cc1cccc2c(-c3ccc(C(=O)O)[nH]3)cn(C)c12. The normalized spacial score (nSPS) is 11.1. The summed E-state index contributed by atoms with van der Waals surface area (Å²) in [4.78, 5) is 13.9. The van der Waals surface area contributed by atoms with Gasteiger partial charge in [0.15, 0.2) is 0 Å². The number of carboxylic acid groups (broad SMARTS) is 1. The first-order valence-corrected chi connectivity index (χ1v) is 6.05. The van der Waals surface area contributed by atoms with E-state index in [1.807, 2.05) is 19.3 Å². The summed E-state index contributed by atoms with van der Waals surface area (Å²) in [6.45, 7) is 2.07. The monoisotopic (exact) mass is 254 g/mol. The number of hydrogen-bond donors (Lipinski definition) is 2. The number of aromatic carboxylic acids is 1. The summed E-state index contributed by atoms with van der Waals surface area (Å²) in [5.74, 6) is -0.942. The Morgan fingerprint density at radius 3 is 2.74 bits per heavy atom. The number of aromatic amines is 1. The average molecular weight is 254 g/mol. The van der Waals surface area contributed by atoms with Crippen LogP contribution in [0.1, 0.15) is 16.1 Å². The number of nitrogens with zero attached hydrogens (tertiary/aromatic N) is 1. The molecule has 2 N–H and O–H groups in total. The Morgan fingerprint density at radius 1 is 1.26 bits per heavy atom. The van der Waals surface area contributed by atoms with E-state index in [2.05, 4.69) is 28.6 Å². The van der Waals surface area contributed by atoms with Crippen LogP contribution >= 0.6 is 0 Å². The predicted molar refractivity (Wildman–Crippen MR) is 74.4 cm³/mol. The van der Waals surface area contributed by atoms with E-state index in [1.54, 1.807) is 12.1 Å². The number of nitrogens with one attached hydrogen (secondary N) is 1. The molecule has 0 aliphatic heterocycles. The minimum absolute atomic E-state index is 0.208. The Kier molecular flexibility index (Phi) is 2.45. The van der Waals surface area contributed by atoms with Gasteiger partial charge >= 0.3 is 5.97 Å². The van der Waals surface area contributed by atoms with Crippen molar-refractivity contribution in [2.24, 2.45) is 7.05 Å². The molecule has 4 nitrogen and oxygen atoms in total. The lowest BCUT2D eigenvalue weighted by Crippen LogP contribution is -1.95. The van der Waals surface area contributed by atoms with Gasteiger partial charge in [-0.2, -0.15) is 0 Å². The molecule has 3 rings (SSSR count). The van der Waals surface area contributed by atoms with Crippen molar-refractivity contribution < 1.29 is 9.90 Å². The second kappa shape index (κ2) is 4.02. The van der Waals surface area contributed by atoms with Crippen molar-refractivity contribution in [2.45, 2.75) is 6.92 Å². The van der Waals surface area contributed by atoms with Crippen LogP contribution in [-0.4, -0.2) is 20.6 Å². The van der Waals surface area contributed by atoms with Crippen LogP contribution in [0.15, 0.2) is 36.5 Å². The van der Waals surface area contributed by atoms with Crippen LogP contribution in [0, 0.1) is 6.92 Å². The summed E-state index contributed by atoms with van der Waals surface area (Å²) in [7, 11) is 2.00. The topological polar surface area (TPSA) is 58.0 Å². The Labute approximate surface area is 110 Å². The molecule has 2 aromatic heterocycles. The minimum atomic E-state index is -0.942. The second-order valence-corrected chi connectivity index (χ2v) is 4.72. The third-order valence-electron chi connectivity index (χ3n) is 3.41. The van der Waals surface area contributed by atoms with Crippen LogP contribution in [-0.2, 0) is 7.05 Å². The van der Waals surface area contributed by atoms with E-state index >= 15 is 0 Å². The summed E-state index contributed by atoms with van der Waals surface area (Å²) >= 11 is 0. The Balaban J connectivity index is 2.25. The molecule has 0 amide bonds. The highest BCUT2D eigenvalue weighted by molar-refractivity contribution is 5.97. The van der Waals surface area contributed by atoms with Crippen LogP contribution in [0.3, 0.4) is 0 Å². The van der Waals surface area contributed by atoms with Gasteiger partial charge in [-0.3, -0.25) is 0 Å². The maximum Gasteiger partial charge on any atom is 0.352 e. The van der Waals surface area contributed by atoms with Crippen molar-refractivity contribution in [3.63, 3.8) is 0 Å². The Hall–Kier alpha value is -2.49. The molecular weight excluding hydrogens is 240 g/mol. The molecule has 0 unspecified atom stereocenters. The number of carboxylic acids is 1. The van der Waals surface area contributed by atoms with E-state index in [9.17, 15) is 4.79 Å². The van der Waals surface area contributed by atoms with Crippen LogP contribution in [0.25, 0.3) is 22.2 Å². The van der Waals surface area contributed by atoms with Crippen LogP contribution < -0.4 is 0 Å². The number of aryl methyl sites for hydroxylation is 2. The number of H-pyrrole nitrogens is 1. The smallest absolute Gasteiger partial charge is 0.352 e. The number of benzene rings is 1. The third kappa shape index (κ3) is 1.73. The molecule has 0 spiro atoms. The molecule has 96 valence electrons. The van der Waals surface area contributed by atoms with Crippen molar-refractivity contribution >= 4 is 16.9 Å². The van der Waals surface area contributed by atoms with E-state index in [0.717, 1.165) is 16.6 Å². The third-order valence-corrected chi connectivity index (χ3v) is 3.41. The molecule has 3 aromatic rings. The van der Waals surface area contributed by atoms with Crippen molar-refractivity contribution in [3.8, 4) is 11.3 Å². The Morgan fingerprint density at radius 2 is 2.05 bits per heavy atom. The van der Waals surface area contributed by atoms with E-state index in [-0.39, 0.29) is 5.69 Å². The van der Waals surface area contributed by atoms with E-state index in [0.29, 0.717) is 0 Å². The van der Waals surface area contributed by atoms with Crippen LogP contribution in [0.2, 0.25) is 0 Å². The van der Waals surface area contributed by atoms with Crippen molar-refractivity contribution in [2.75, 3.05) is 0 Å². The van der Waals surface area contributed by atoms with Gasteiger partial charge in [-0.15, -0.1) is 0 Å². The number of aromatic nitrogens is 2. The van der Waals surface area contributed by atoms with Crippen LogP contribution in [0.4, 0.5) is 0 Å². The molecule has 0 bridgehead atoms. The lowest BCUT2D eigenvalue weighted by atomic mass is 10.1. The highest BCUT2D eigenvalue weighted by Crippen LogP contribution is 2.31. The molecule has 19 heavy (non-hydrogen) atoms. The minimum Gasteiger partial charge on any atom is -0.477 e. The lowest BCUT2D eigenvalue weighted by Gasteiger charge is -2.00. The first kappa shape index (κ1) is 11.6. The van der Waals surface area contributed by atoms with Gasteiger partial charge in [-0.05, 0) is 24.6 Å². The molecule has 0 aliphatic carbocycles. The van der Waals surface area contributed by atoms with Gasteiger partial charge in [0.2, 0.25) is 0 Å². The van der Waals surface area contributed by atoms with Gasteiger partial charge in [0, 0.05) is 29.9 Å².